The summed E-state index contributed by atoms with van der Waals surface area (Å²) in [4.78, 5) is 0. The van der Waals surface area contributed by atoms with Crippen molar-refractivity contribution in [2.24, 2.45) is 0 Å². The Morgan fingerprint density at radius 2 is 1.13 bits per heavy atom. The van der Waals surface area contributed by atoms with Crippen molar-refractivity contribution >= 4 is 23.2 Å². The van der Waals surface area contributed by atoms with E-state index in [0.717, 1.165) is 37.6 Å². The van der Waals surface area contributed by atoms with E-state index in [2.05, 4.69) is 122 Å². The Morgan fingerprint density at radius 1 is 0.658 bits per heavy atom. The Kier molecular flexibility index (Phi) is 12.0. The number of rotatable bonds is 13. The van der Waals surface area contributed by atoms with Gasteiger partial charge in [-0.1, -0.05) is 80.1 Å². The van der Waals surface area contributed by atoms with Crippen molar-refractivity contribution in [2.75, 3.05) is 0 Å². The quantitative estimate of drug-likeness (QED) is 0.192. The van der Waals surface area contributed by atoms with E-state index in [0.29, 0.717) is 6.42 Å². The van der Waals surface area contributed by atoms with Crippen LogP contribution in [0.5, 0.6) is 5.75 Å². The number of hydrogen-bond donors (Lipinski definition) is 0. The van der Waals surface area contributed by atoms with Gasteiger partial charge in [0.15, 0.2) is 0 Å². The summed E-state index contributed by atoms with van der Waals surface area (Å²) in [5, 5.41) is 4.16. The second-order valence-corrected chi connectivity index (χ2v) is 13.3. The first-order valence-electron chi connectivity index (χ1n) is 13.6. The van der Waals surface area contributed by atoms with E-state index in [1.807, 2.05) is 0 Å². The maximum absolute atomic E-state index is 13.3. The number of alkyl halides is 1. The molecular weight excluding hydrogens is 554 g/mol. The predicted octanol–water partition coefficient (Wildman–Crippen LogP) is 5.26. The summed E-state index contributed by atoms with van der Waals surface area (Å²) in [7, 11) is -1.93. The molecule has 0 aliphatic carbocycles. The van der Waals surface area contributed by atoms with Crippen molar-refractivity contribution < 1.29 is 26.1 Å². The van der Waals surface area contributed by atoms with Crippen LogP contribution in [0, 0.1) is 0 Å². The molecule has 0 aromatic heterocycles. The van der Waals surface area contributed by atoms with Gasteiger partial charge in [-0.3, -0.25) is 0 Å². The Balaban J connectivity index is 0.00000400. The maximum Gasteiger partial charge on any atom is 0.119 e. The molecule has 0 aliphatic heterocycles. The summed E-state index contributed by atoms with van der Waals surface area (Å²) >= 11 is 0. The van der Waals surface area contributed by atoms with Crippen LogP contribution in [-0.2, 0) is 6.16 Å². The van der Waals surface area contributed by atoms with Crippen LogP contribution in [0.15, 0.2) is 115 Å². The van der Waals surface area contributed by atoms with Crippen molar-refractivity contribution in [1.29, 1.82) is 0 Å². The Bertz CT molecular complexity index is 1090. The van der Waals surface area contributed by atoms with Crippen LogP contribution in [0.2, 0.25) is 0 Å². The molecule has 4 rings (SSSR count). The molecule has 0 N–H and O–H groups in total. The molecule has 1 nitrogen and oxygen atoms in total. The van der Waals surface area contributed by atoms with E-state index in [9.17, 15) is 4.39 Å². The van der Waals surface area contributed by atoms with Crippen molar-refractivity contribution in [1.82, 2.24) is 0 Å². The summed E-state index contributed by atoms with van der Waals surface area (Å²) in [5.74, 6) is 0.901. The molecular formula is C34H39BrFOP. The highest BCUT2D eigenvalue weighted by atomic mass is 79.9. The molecule has 0 bridgehead atoms. The number of hydrogen-bond acceptors (Lipinski definition) is 1. The van der Waals surface area contributed by atoms with Crippen molar-refractivity contribution in [3.63, 3.8) is 0 Å². The first-order valence-corrected chi connectivity index (χ1v) is 15.5. The lowest BCUT2D eigenvalue weighted by Gasteiger charge is -2.28. The lowest BCUT2D eigenvalue weighted by molar-refractivity contribution is -0.00000989. The third-order valence-electron chi connectivity index (χ3n) is 6.98. The maximum atomic E-state index is 13.3. The van der Waals surface area contributed by atoms with Gasteiger partial charge in [-0.05, 0) is 86.7 Å². The average molecular weight is 594 g/mol. The summed E-state index contributed by atoms with van der Waals surface area (Å²) in [6.07, 6.45) is 4.75. The van der Waals surface area contributed by atoms with Gasteiger partial charge in [0.25, 0.3) is 0 Å². The van der Waals surface area contributed by atoms with E-state index >= 15 is 0 Å². The number of halogens is 2. The molecule has 0 saturated carbocycles. The predicted molar refractivity (Wildman–Crippen MR) is 159 cm³/mol. The summed E-state index contributed by atoms with van der Waals surface area (Å²) < 4.78 is 19.6. The third kappa shape index (κ3) is 7.78. The van der Waals surface area contributed by atoms with Crippen molar-refractivity contribution in [2.45, 2.75) is 64.4 Å². The van der Waals surface area contributed by atoms with Gasteiger partial charge >= 0.3 is 0 Å². The highest BCUT2D eigenvalue weighted by molar-refractivity contribution is 7.95. The standard InChI is InChI=1S/C34H39FOP.BrH/c1-3-14-30(16-13-15-28(2)35)36-31-25-23-29(24-26-31)27-37(32-17-7-4-8-18-32,33-19-9-5-10-20-33)34-21-11-6-12-22-34;/h4-12,17-26,28,30H,3,13-16,27H2,1-2H3;1H/q+1;/p-1. The first kappa shape index (κ1) is 30.1. The highest BCUT2D eigenvalue weighted by Crippen LogP contribution is 2.58. The second kappa shape index (κ2) is 15.2. The molecule has 4 aromatic rings. The van der Waals surface area contributed by atoms with E-state index in [1.54, 1.807) is 6.92 Å². The van der Waals surface area contributed by atoms with E-state index < -0.39 is 13.4 Å². The van der Waals surface area contributed by atoms with Crippen LogP contribution in [-0.4, -0.2) is 12.3 Å². The first-order chi connectivity index (χ1) is 18.1. The number of ether oxygens (including phenoxy) is 1. The molecule has 38 heavy (non-hydrogen) atoms. The fourth-order valence-electron chi connectivity index (χ4n) is 5.12. The summed E-state index contributed by atoms with van der Waals surface area (Å²) in [6.45, 7) is 3.81. The van der Waals surface area contributed by atoms with Gasteiger partial charge in [0.1, 0.15) is 28.9 Å². The smallest absolute Gasteiger partial charge is 0.119 e. The Labute approximate surface area is 239 Å². The largest absolute Gasteiger partial charge is 1.00 e. The van der Waals surface area contributed by atoms with Crippen LogP contribution in [0.1, 0.15) is 51.5 Å². The van der Waals surface area contributed by atoms with Gasteiger partial charge in [0, 0.05) is 0 Å². The van der Waals surface area contributed by atoms with Crippen LogP contribution in [0.25, 0.3) is 0 Å². The fraction of sp³-hybridized carbons (Fsp3) is 0.294. The lowest BCUT2D eigenvalue weighted by atomic mass is 10.1. The lowest BCUT2D eigenvalue weighted by Crippen LogP contribution is -3.00. The van der Waals surface area contributed by atoms with E-state index in [-0.39, 0.29) is 23.1 Å². The minimum absolute atomic E-state index is 0. The van der Waals surface area contributed by atoms with Gasteiger partial charge in [0.2, 0.25) is 0 Å². The highest BCUT2D eigenvalue weighted by Gasteiger charge is 2.45. The van der Waals surface area contributed by atoms with Gasteiger partial charge < -0.3 is 21.7 Å². The molecule has 4 heteroatoms. The zero-order chi connectivity index (χ0) is 25.9. The summed E-state index contributed by atoms with van der Waals surface area (Å²) in [6, 6.07) is 41.7. The third-order valence-corrected chi connectivity index (χ3v) is 11.4. The molecule has 2 unspecified atom stereocenters. The Morgan fingerprint density at radius 3 is 1.55 bits per heavy atom. The zero-order valence-corrected chi connectivity index (χ0v) is 25.0. The normalized spacial score (nSPS) is 12.8. The minimum atomic E-state index is -1.93. The van der Waals surface area contributed by atoms with Gasteiger partial charge in [-0.2, -0.15) is 0 Å². The molecule has 0 radical (unpaired) electrons. The minimum Gasteiger partial charge on any atom is -1.00 e. The van der Waals surface area contributed by atoms with Crippen LogP contribution >= 0.6 is 7.26 Å². The van der Waals surface area contributed by atoms with E-state index in [1.165, 1.54) is 21.5 Å². The summed E-state index contributed by atoms with van der Waals surface area (Å²) in [5.41, 5.74) is 1.30. The number of benzene rings is 4. The molecule has 0 amide bonds. The van der Waals surface area contributed by atoms with Gasteiger partial charge in [-0.25, -0.2) is 4.39 Å². The molecule has 0 fully saturated rings. The fourth-order valence-corrected chi connectivity index (χ4v) is 9.36. The van der Waals surface area contributed by atoms with Gasteiger partial charge in [0.05, 0.1) is 18.4 Å². The molecule has 0 spiro atoms. The molecule has 0 aliphatic rings. The van der Waals surface area contributed by atoms with Crippen LogP contribution < -0.4 is 37.6 Å². The monoisotopic (exact) mass is 592 g/mol. The van der Waals surface area contributed by atoms with Crippen LogP contribution in [0.3, 0.4) is 0 Å². The SMILES string of the molecule is CCCC(CCCC(C)F)Oc1ccc(C[P+](c2ccccc2)(c2ccccc2)c2ccccc2)cc1.[Br-]. The van der Waals surface area contributed by atoms with Crippen molar-refractivity contribution in [3.05, 3.63) is 121 Å². The molecule has 4 aromatic carbocycles. The average Bonchev–Trinajstić information content (AvgIpc) is 2.94. The Hall–Kier alpha value is -2.48. The van der Waals surface area contributed by atoms with Crippen molar-refractivity contribution in [3.8, 4) is 5.75 Å². The molecule has 0 saturated heterocycles. The molecule has 0 heterocycles. The zero-order valence-electron chi connectivity index (χ0n) is 22.5. The second-order valence-electron chi connectivity index (χ2n) is 9.86. The molecule has 2 atom stereocenters. The molecule has 200 valence electrons. The van der Waals surface area contributed by atoms with E-state index in [4.69, 9.17) is 4.74 Å². The van der Waals surface area contributed by atoms with Gasteiger partial charge in [-0.15, -0.1) is 0 Å². The van der Waals surface area contributed by atoms with Crippen LogP contribution in [0.4, 0.5) is 4.39 Å². The topological polar surface area (TPSA) is 9.23 Å².